The number of benzene rings is 1. The first kappa shape index (κ1) is 30.3. The second-order valence-electron chi connectivity index (χ2n) is 11.8. The number of hydrogen-bond acceptors (Lipinski definition) is 7. The molecule has 2 rings (SSSR count). The van der Waals surface area contributed by atoms with Crippen LogP contribution in [0.3, 0.4) is 0 Å². The van der Waals surface area contributed by atoms with Crippen LogP contribution in [0.25, 0.3) is 0 Å². The number of ether oxygens (including phenoxy) is 4. The summed E-state index contributed by atoms with van der Waals surface area (Å²) in [6.07, 6.45) is -1.45. The van der Waals surface area contributed by atoms with Crippen molar-refractivity contribution >= 4 is 6.09 Å². The Kier molecular flexibility index (Phi) is 10.5. The van der Waals surface area contributed by atoms with Crippen LogP contribution in [-0.2, 0) is 20.6 Å². The summed E-state index contributed by atoms with van der Waals surface area (Å²) >= 11 is 0. The SMILES string of the molecule is CCCOc1cc(F)cc(CC(N)C(O)[C@H]2CO[C@@H](OCC(C)(C)C)[C@H](C)N2C(=O)OC(C)(C)C)c1. The minimum atomic E-state index is -1.16. The van der Waals surface area contributed by atoms with Gasteiger partial charge in [0.05, 0.1) is 38.0 Å². The van der Waals surface area contributed by atoms with Crippen LogP contribution in [0.2, 0.25) is 0 Å². The zero-order valence-electron chi connectivity index (χ0n) is 23.0. The molecule has 0 saturated carbocycles. The predicted molar refractivity (Wildman–Crippen MR) is 136 cm³/mol. The van der Waals surface area contributed by atoms with E-state index in [1.165, 1.54) is 17.0 Å². The average Bonchev–Trinajstić information content (AvgIpc) is 2.73. The van der Waals surface area contributed by atoms with Crippen molar-refractivity contribution in [2.24, 2.45) is 11.1 Å². The van der Waals surface area contributed by atoms with Gasteiger partial charge in [-0.1, -0.05) is 27.7 Å². The number of amides is 1. The van der Waals surface area contributed by atoms with E-state index >= 15 is 0 Å². The van der Waals surface area contributed by atoms with E-state index in [0.29, 0.717) is 24.5 Å². The molecular weight excluding hydrogens is 467 g/mol. The second-order valence-corrected chi connectivity index (χ2v) is 11.8. The van der Waals surface area contributed by atoms with Crippen LogP contribution in [0.1, 0.15) is 67.4 Å². The number of aliphatic hydroxyl groups excluding tert-OH is 1. The maximum absolute atomic E-state index is 14.2. The lowest BCUT2D eigenvalue weighted by Gasteiger charge is -2.47. The van der Waals surface area contributed by atoms with Gasteiger partial charge in [-0.25, -0.2) is 9.18 Å². The van der Waals surface area contributed by atoms with Crippen LogP contribution >= 0.6 is 0 Å². The first-order valence-corrected chi connectivity index (χ1v) is 12.7. The highest BCUT2D eigenvalue weighted by Gasteiger charge is 2.45. The summed E-state index contributed by atoms with van der Waals surface area (Å²) in [5.41, 5.74) is 6.15. The molecule has 9 heteroatoms. The number of carbonyl (C=O) groups excluding carboxylic acids is 1. The molecule has 1 saturated heterocycles. The summed E-state index contributed by atoms with van der Waals surface area (Å²) in [5.74, 6) is -0.0264. The molecule has 206 valence electrons. The molecule has 1 aliphatic heterocycles. The number of nitrogens with two attached hydrogens (primary N) is 1. The van der Waals surface area contributed by atoms with Crippen molar-refractivity contribution in [3.8, 4) is 5.75 Å². The zero-order valence-corrected chi connectivity index (χ0v) is 23.0. The Balaban J connectivity index is 2.22. The number of hydrogen-bond donors (Lipinski definition) is 2. The van der Waals surface area contributed by atoms with Gasteiger partial charge >= 0.3 is 6.09 Å². The minimum Gasteiger partial charge on any atom is -0.493 e. The van der Waals surface area contributed by atoms with Gasteiger partial charge in [0.25, 0.3) is 0 Å². The van der Waals surface area contributed by atoms with E-state index < -0.39 is 48.0 Å². The molecule has 3 N–H and O–H groups in total. The molecule has 1 amide bonds. The summed E-state index contributed by atoms with van der Waals surface area (Å²) in [7, 11) is 0. The normalized spacial score (nSPS) is 22.8. The Labute approximate surface area is 215 Å². The number of halogens is 1. The fourth-order valence-electron chi connectivity index (χ4n) is 3.97. The minimum absolute atomic E-state index is 0.0151. The highest BCUT2D eigenvalue weighted by molar-refractivity contribution is 5.69. The highest BCUT2D eigenvalue weighted by Crippen LogP contribution is 2.28. The maximum atomic E-state index is 14.2. The number of nitrogens with zero attached hydrogens (tertiary/aromatic N) is 1. The monoisotopic (exact) mass is 512 g/mol. The Bertz CT molecular complexity index is 854. The van der Waals surface area contributed by atoms with Crippen LogP contribution in [-0.4, -0.2) is 72.0 Å². The number of morpholine rings is 1. The first-order valence-electron chi connectivity index (χ1n) is 12.7. The van der Waals surface area contributed by atoms with Crippen molar-refractivity contribution in [1.29, 1.82) is 0 Å². The molecule has 1 aliphatic rings. The van der Waals surface area contributed by atoms with Crippen LogP contribution in [0.4, 0.5) is 9.18 Å². The Morgan fingerprint density at radius 1 is 1.25 bits per heavy atom. The van der Waals surface area contributed by atoms with Crippen LogP contribution < -0.4 is 10.5 Å². The lowest BCUT2D eigenvalue weighted by Crippen LogP contribution is -2.65. The molecule has 0 aromatic heterocycles. The van der Waals surface area contributed by atoms with Gasteiger partial charge in [0.2, 0.25) is 0 Å². The van der Waals surface area contributed by atoms with Crippen molar-refractivity contribution in [3.05, 3.63) is 29.6 Å². The third kappa shape index (κ3) is 9.18. The Morgan fingerprint density at radius 3 is 2.50 bits per heavy atom. The molecule has 8 nitrogen and oxygen atoms in total. The quantitative estimate of drug-likeness (QED) is 0.510. The molecule has 1 aromatic rings. The van der Waals surface area contributed by atoms with Gasteiger partial charge in [0.1, 0.15) is 17.2 Å². The van der Waals surface area contributed by atoms with E-state index in [1.54, 1.807) is 33.8 Å². The molecule has 1 heterocycles. The molecular formula is C27H45FN2O6. The topological polar surface area (TPSA) is 103 Å². The van der Waals surface area contributed by atoms with Gasteiger partial charge in [-0.2, -0.15) is 0 Å². The summed E-state index contributed by atoms with van der Waals surface area (Å²) in [4.78, 5) is 14.7. The maximum Gasteiger partial charge on any atom is 0.411 e. The van der Waals surface area contributed by atoms with Gasteiger partial charge < -0.3 is 29.8 Å². The molecule has 1 aromatic carbocycles. The average molecular weight is 513 g/mol. The summed E-state index contributed by atoms with van der Waals surface area (Å²) in [6, 6.07) is 2.29. The second kappa shape index (κ2) is 12.5. The predicted octanol–water partition coefficient (Wildman–Crippen LogP) is 4.26. The van der Waals surface area contributed by atoms with E-state index in [0.717, 1.165) is 6.42 Å². The Morgan fingerprint density at radius 2 is 1.92 bits per heavy atom. The van der Waals surface area contributed by atoms with E-state index in [-0.39, 0.29) is 18.4 Å². The molecule has 1 fully saturated rings. The third-order valence-electron chi connectivity index (χ3n) is 5.61. The first-order chi connectivity index (χ1) is 16.6. The van der Waals surface area contributed by atoms with E-state index in [4.69, 9.17) is 24.7 Å². The smallest absolute Gasteiger partial charge is 0.411 e. The van der Waals surface area contributed by atoms with Crippen molar-refractivity contribution in [1.82, 2.24) is 4.90 Å². The molecule has 0 spiro atoms. The van der Waals surface area contributed by atoms with Gasteiger partial charge in [-0.3, -0.25) is 4.90 Å². The van der Waals surface area contributed by atoms with E-state index in [2.05, 4.69) is 0 Å². The highest BCUT2D eigenvalue weighted by atomic mass is 19.1. The molecule has 0 radical (unpaired) electrons. The standard InChI is InChI=1S/C27H45FN2O6/c1-9-10-33-20-12-18(11-19(28)14-20)13-21(29)23(31)22-15-34-24(35-16-26(3,4)5)17(2)30(22)25(32)36-27(6,7)8/h11-12,14,17,21-24,31H,9-10,13,15-16,29H2,1-8H3/t17-,21?,22+,23?,24-/m0/s1. The van der Waals surface area contributed by atoms with Crippen molar-refractivity contribution in [2.75, 3.05) is 19.8 Å². The van der Waals surface area contributed by atoms with Crippen molar-refractivity contribution in [3.63, 3.8) is 0 Å². The number of aliphatic hydroxyl groups is 1. The molecule has 36 heavy (non-hydrogen) atoms. The fraction of sp³-hybridized carbons (Fsp3) is 0.741. The third-order valence-corrected chi connectivity index (χ3v) is 5.61. The van der Waals surface area contributed by atoms with Crippen LogP contribution in [0.15, 0.2) is 18.2 Å². The summed E-state index contributed by atoms with van der Waals surface area (Å²) in [6.45, 7) is 16.2. The van der Waals surface area contributed by atoms with Crippen LogP contribution in [0, 0.1) is 11.2 Å². The largest absolute Gasteiger partial charge is 0.493 e. The van der Waals surface area contributed by atoms with Gasteiger partial charge in [-0.15, -0.1) is 0 Å². The molecule has 2 unspecified atom stereocenters. The number of rotatable bonds is 9. The van der Waals surface area contributed by atoms with Gasteiger partial charge in [-0.05, 0) is 63.6 Å². The van der Waals surface area contributed by atoms with E-state index in [1.807, 2.05) is 27.7 Å². The molecule has 0 bridgehead atoms. The van der Waals surface area contributed by atoms with Gasteiger partial charge in [0, 0.05) is 12.1 Å². The molecule has 5 atom stereocenters. The summed E-state index contributed by atoms with van der Waals surface area (Å²) in [5, 5.41) is 11.2. The zero-order chi connectivity index (χ0) is 27.3. The van der Waals surface area contributed by atoms with E-state index in [9.17, 15) is 14.3 Å². The lowest BCUT2D eigenvalue weighted by atomic mass is 9.94. The van der Waals surface area contributed by atoms with Gasteiger partial charge in [0.15, 0.2) is 6.29 Å². The summed E-state index contributed by atoms with van der Waals surface area (Å²) < 4.78 is 37.3. The van der Waals surface area contributed by atoms with Crippen molar-refractivity contribution < 1.29 is 33.2 Å². The van der Waals surface area contributed by atoms with Crippen molar-refractivity contribution in [2.45, 2.75) is 104 Å². The number of carbonyl (C=O) groups is 1. The lowest BCUT2D eigenvalue weighted by molar-refractivity contribution is -0.233. The molecule has 0 aliphatic carbocycles. The Hall–Kier alpha value is -1.94. The fourth-order valence-corrected chi connectivity index (χ4v) is 3.97. The van der Waals surface area contributed by atoms with Crippen LogP contribution in [0.5, 0.6) is 5.75 Å².